The van der Waals surface area contributed by atoms with E-state index in [4.69, 9.17) is 14.2 Å². The van der Waals surface area contributed by atoms with Gasteiger partial charge in [0.2, 0.25) is 0 Å². The minimum atomic E-state index is -1.11. The molecule has 0 spiro atoms. The molecule has 3 aromatic rings. The number of nitrogens with zero attached hydrogens (tertiary/aromatic N) is 2. The van der Waals surface area contributed by atoms with Gasteiger partial charge in [-0.05, 0) is 36.7 Å². The summed E-state index contributed by atoms with van der Waals surface area (Å²) in [6.45, 7) is 16.1. The Balaban J connectivity index is 1.58. The fraction of sp³-hybridized carbons (Fsp3) is 0.387. The zero-order valence-corrected chi connectivity index (χ0v) is 23.7. The number of hydrogen-bond acceptors (Lipinski definition) is 5. The molecule has 0 saturated carbocycles. The van der Waals surface area contributed by atoms with E-state index < -0.39 is 13.8 Å². The summed E-state index contributed by atoms with van der Waals surface area (Å²) in [5.74, 6) is 0.785. The minimum Gasteiger partial charge on any atom is -0.468 e. The largest absolute Gasteiger partial charge is 0.468 e. The van der Waals surface area contributed by atoms with Crippen molar-refractivity contribution >= 4 is 13.8 Å². The predicted molar refractivity (Wildman–Crippen MR) is 153 cm³/mol. The third kappa shape index (κ3) is 6.32. The van der Waals surface area contributed by atoms with Crippen LogP contribution in [0.25, 0.3) is 5.70 Å². The van der Waals surface area contributed by atoms with E-state index in [0.717, 1.165) is 65.9 Å². The van der Waals surface area contributed by atoms with E-state index in [1.807, 2.05) is 36.5 Å². The monoisotopic (exact) mass is 516 g/mol. The van der Waals surface area contributed by atoms with Crippen molar-refractivity contribution in [3.05, 3.63) is 102 Å². The first-order valence-corrected chi connectivity index (χ1v) is 17.0. The normalized spacial score (nSPS) is 17.2. The van der Waals surface area contributed by atoms with Gasteiger partial charge in [-0.3, -0.25) is 4.98 Å². The first-order valence-electron chi connectivity index (χ1n) is 13.3. The number of fused-ring (bicyclic) bond motifs is 1. The summed E-state index contributed by atoms with van der Waals surface area (Å²) in [6, 6.07) is 23.8. The van der Waals surface area contributed by atoms with Crippen molar-refractivity contribution in [2.45, 2.75) is 51.2 Å². The van der Waals surface area contributed by atoms with Crippen LogP contribution >= 0.6 is 0 Å². The zero-order chi connectivity index (χ0) is 26.3. The van der Waals surface area contributed by atoms with Crippen LogP contribution in [-0.2, 0) is 21.6 Å². The van der Waals surface area contributed by atoms with Crippen LogP contribution in [0.2, 0.25) is 25.7 Å². The Morgan fingerprint density at radius 3 is 2.41 bits per heavy atom. The molecule has 0 N–H and O–H groups in total. The van der Waals surface area contributed by atoms with Crippen molar-refractivity contribution < 1.29 is 14.2 Å². The van der Waals surface area contributed by atoms with Gasteiger partial charge in [0.15, 0.2) is 12.5 Å². The van der Waals surface area contributed by atoms with E-state index in [0.29, 0.717) is 6.61 Å². The van der Waals surface area contributed by atoms with Gasteiger partial charge >= 0.3 is 0 Å². The fourth-order valence-electron chi connectivity index (χ4n) is 4.75. The third-order valence-electron chi connectivity index (χ3n) is 6.70. The van der Waals surface area contributed by atoms with Crippen molar-refractivity contribution in [3.8, 4) is 5.75 Å². The fourth-order valence-corrected chi connectivity index (χ4v) is 5.51. The van der Waals surface area contributed by atoms with E-state index in [2.05, 4.69) is 79.4 Å². The number of rotatable bonds is 13. The lowest BCUT2D eigenvalue weighted by Gasteiger charge is -2.41. The summed E-state index contributed by atoms with van der Waals surface area (Å²) < 4.78 is 18.5. The van der Waals surface area contributed by atoms with Crippen LogP contribution in [0.5, 0.6) is 5.75 Å². The quantitative estimate of drug-likeness (QED) is 0.140. The molecule has 37 heavy (non-hydrogen) atoms. The first kappa shape index (κ1) is 27.1. The molecule has 1 unspecified atom stereocenters. The van der Waals surface area contributed by atoms with Gasteiger partial charge in [0.25, 0.3) is 0 Å². The Morgan fingerprint density at radius 2 is 1.70 bits per heavy atom. The second kappa shape index (κ2) is 12.1. The summed E-state index contributed by atoms with van der Waals surface area (Å²) in [5, 5.41) is 0. The van der Waals surface area contributed by atoms with E-state index >= 15 is 0 Å². The maximum atomic E-state index is 6.89. The molecule has 0 fully saturated rings. The van der Waals surface area contributed by atoms with Crippen LogP contribution in [-0.4, -0.2) is 44.5 Å². The standard InChI is InChI=1S/C31H40N2O3Si/c1-6-20-33-25(2)29-12-7-8-13-30(29)31(33,36-21-18-27-11-9-10-19-32-27)26-14-16-28(17-15-26)35-24-34-22-23-37(3,4)5/h7-17,19H,2,6,18,20-24H2,1,3-5H3. The number of benzene rings is 2. The average Bonchev–Trinajstić information content (AvgIpc) is 3.13. The van der Waals surface area contributed by atoms with Crippen molar-refractivity contribution in [2.24, 2.45) is 0 Å². The van der Waals surface area contributed by atoms with Crippen LogP contribution in [0, 0.1) is 0 Å². The van der Waals surface area contributed by atoms with E-state index in [-0.39, 0.29) is 6.79 Å². The van der Waals surface area contributed by atoms with Crippen molar-refractivity contribution in [3.63, 3.8) is 0 Å². The molecular formula is C31H40N2O3Si. The maximum Gasteiger partial charge on any atom is 0.194 e. The molecule has 2 aromatic carbocycles. The van der Waals surface area contributed by atoms with Gasteiger partial charge in [-0.25, -0.2) is 0 Å². The topological polar surface area (TPSA) is 43.8 Å². The van der Waals surface area contributed by atoms with Crippen LogP contribution in [0.3, 0.4) is 0 Å². The second-order valence-electron chi connectivity index (χ2n) is 10.7. The average molecular weight is 517 g/mol. The number of pyridine rings is 1. The summed E-state index contributed by atoms with van der Waals surface area (Å²) in [5.41, 5.74) is 4.56. The lowest BCUT2D eigenvalue weighted by atomic mass is 9.93. The molecule has 1 atom stereocenters. The number of hydrogen-bond donors (Lipinski definition) is 0. The van der Waals surface area contributed by atoms with E-state index in [1.54, 1.807) is 0 Å². The molecule has 0 bridgehead atoms. The molecule has 5 nitrogen and oxygen atoms in total. The molecule has 0 saturated heterocycles. The molecular weight excluding hydrogens is 476 g/mol. The Labute approximate surface area is 223 Å². The lowest BCUT2D eigenvalue weighted by Crippen LogP contribution is -2.44. The van der Waals surface area contributed by atoms with Gasteiger partial charge in [0.1, 0.15) is 5.75 Å². The van der Waals surface area contributed by atoms with Gasteiger partial charge in [-0.15, -0.1) is 0 Å². The lowest BCUT2D eigenvalue weighted by molar-refractivity contribution is -0.100. The Hall–Kier alpha value is -2.93. The molecule has 1 aromatic heterocycles. The summed E-state index contributed by atoms with van der Waals surface area (Å²) in [6.07, 6.45) is 3.54. The van der Waals surface area contributed by atoms with Gasteiger partial charge in [0, 0.05) is 61.9 Å². The van der Waals surface area contributed by atoms with Crippen molar-refractivity contribution in [2.75, 3.05) is 26.6 Å². The van der Waals surface area contributed by atoms with Crippen molar-refractivity contribution in [1.82, 2.24) is 9.88 Å². The summed E-state index contributed by atoms with van der Waals surface area (Å²) in [4.78, 5) is 6.79. The Kier molecular flexibility index (Phi) is 8.85. The molecule has 196 valence electrons. The van der Waals surface area contributed by atoms with Gasteiger partial charge < -0.3 is 19.1 Å². The molecule has 0 radical (unpaired) electrons. The highest BCUT2D eigenvalue weighted by Crippen LogP contribution is 2.50. The summed E-state index contributed by atoms with van der Waals surface area (Å²) in [7, 11) is -1.11. The van der Waals surface area contributed by atoms with Gasteiger partial charge in [0.05, 0.1) is 6.61 Å². The van der Waals surface area contributed by atoms with E-state index in [9.17, 15) is 0 Å². The smallest absolute Gasteiger partial charge is 0.194 e. The second-order valence-corrected chi connectivity index (χ2v) is 16.3. The zero-order valence-electron chi connectivity index (χ0n) is 22.7. The van der Waals surface area contributed by atoms with Gasteiger partial charge in [-0.2, -0.15) is 0 Å². The SMILES string of the molecule is C=C1c2ccccc2C(OCCc2ccccn2)(c2ccc(OCOCC[Si](C)(C)C)cc2)N1CCC. The molecule has 1 aliphatic rings. The molecule has 0 amide bonds. The van der Waals surface area contributed by atoms with E-state index in [1.165, 1.54) is 0 Å². The maximum absolute atomic E-state index is 6.89. The highest BCUT2D eigenvalue weighted by atomic mass is 28.3. The first-order chi connectivity index (χ1) is 17.8. The van der Waals surface area contributed by atoms with Crippen LogP contribution < -0.4 is 4.74 Å². The minimum absolute atomic E-state index is 0.261. The number of aromatic nitrogens is 1. The van der Waals surface area contributed by atoms with Crippen molar-refractivity contribution in [1.29, 1.82) is 0 Å². The highest BCUT2D eigenvalue weighted by Gasteiger charge is 2.49. The Morgan fingerprint density at radius 1 is 0.946 bits per heavy atom. The highest BCUT2D eigenvalue weighted by molar-refractivity contribution is 6.76. The number of ether oxygens (including phenoxy) is 3. The predicted octanol–water partition coefficient (Wildman–Crippen LogP) is 6.93. The molecule has 0 aliphatic carbocycles. The molecule has 2 heterocycles. The molecule has 6 heteroatoms. The Bertz CT molecular complexity index is 1160. The third-order valence-corrected chi connectivity index (χ3v) is 8.41. The van der Waals surface area contributed by atoms with Crippen LogP contribution in [0.1, 0.15) is 35.7 Å². The van der Waals surface area contributed by atoms with Crippen LogP contribution in [0.15, 0.2) is 79.5 Å². The summed E-state index contributed by atoms with van der Waals surface area (Å²) >= 11 is 0. The molecule has 1 aliphatic heterocycles. The van der Waals surface area contributed by atoms with Crippen LogP contribution in [0.4, 0.5) is 0 Å². The van der Waals surface area contributed by atoms with Gasteiger partial charge in [-0.1, -0.05) is 75.6 Å². The molecule has 4 rings (SSSR count).